The van der Waals surface area contributed by atoms with Crippen LogP contribution in [0.25, 0.3) is 0 Å². The topological polar surface area (TPSA) is 153 Å². The first-order valence-corrected chi connectivity index (χ1v) is 6.20. The molecule has 5 N–H and O–H groups in total. The lowest BCUT2D eigenvalue weighted by atomic mass is 9.96. The van der Waals surface area contributed by atoms with E-state index in [1.165, 1.54) is 0 Å². The highest BCUT2D eigenvalue weighted by Crippen LogP contribution is 2.39. The number of ether oxygens (including phenoxy) is 1. The molecular weight excluding hydrogens is 269 g/mol. The summed E-state index contributed by atoms with van der Waals surface area (Å²) in [5, 5.41) is 39.9. The van der Waals surface area contributed by atoms with Crippen molar-refractivity contribution in [1.29, 1.82) is 0 Å². The van der Waals surface area contributed by atoms with Gasteiger partial charge in [-0.3, -0.25) is 4.79 Å². The predicted molar refractivity (Wildman–Crippen MR) is 54.8 cm³/mol. The number of amides is 1. The van der Waals surface area contributed by atoms with Crippen molar-refractivity contribution in [2.45, 2.75) is 36.8 Å². The maximum Gasteiger partial charge on any atom is 0.379 e. The lowest BCUT2D eigenvalue weighted by Crippen LogP contribution is -2.68. The van der Waals surface area contributed by atoms with Crippen molar-refractivity contribution in [3.63, 3.8) is 0 Å². The molecule has 0 bridgehead atoms. The van der Waals surface area contributed by atoms with Gasteiger partial charge in [0.15, 0.2) is 0 Å². The second-order valence-corrected chi connectivity index (χ2v) is 5.07. The van der Waals surface area contributed by atoms with Gasteiger partial charge in [-0.1, -0.05) is 0 Å². The van der Waals surface area contributed by atoms with E-state index < -0.39 is 50.1 Å². The molecule has 1 amide bonds. The first kappa shape index (κ1) is 15.2. The summed E-state index contributed by atoms with van der Waals surface area (Å²) in [5.74, 6) is -0.729. The van der Waals surface area contributed by atoms with Crippen molar-refractivity contribution >= 4 is 13.6 Å². The Morgan fingerprint density at radius 3 is 2.33 bits per heavy atom. The van der Waals surface area contributed by atoms with E-state index in [0.717, 1.165) is 6.92 Å². The molecule has 1 unspecified atom stereocenters. The van der Waals surface area contributed by atoms with Crippen molar-refractivity contribution in [3.05, 3.63) is 0 Å². The molecule has 0 aromatic carbocycles. The molecule has 5 atom stereocenters. The van der Waals surface area contributed by atoms with E-state index in [2.05, 4.69) is 4.74 Å². The minimum Gasteiger partial charge on any atom is -0.394 e. The van der Waals surface area contributed by atoms with Crippen LogP contribution in [0.2, 0.25) is 0 Å². The Hall–Kier alpha value is -0.830. The predicted octanol–water partition coefficient (Wildman–Crippen LogP) is -2.58. The van der Waals surface area contributed by atoms with Crippen molar-refractivity contribution < 1.29 is 39.1 Å². The third kappa shape index (κ3) is 2.61. The number of hydrogen-bond acceptors (Lipinski definition) is 8. The molecule has 0 saturated carbocycles. The third-order valence-electron chi connectivity index (χ3n) is 2.60. The fraction of sp³-hybridized carbons (Fsp3) is 0.875. The maximum atomic E-state index is 11.0. The lowest BCUT2D eigenvalue weighted by molar-refractivity contribution is -0.277. The molecule has 1 saturated heterocycles. The van der Waals surface area contributed by atoms with Gasteiger partial charge >= 0.3 is 13.2 Å². The van der Waals surface area contributed by atoms with Crippen molar-refractivity contribution in [2.24, 2.45) is 0 Å². The van der Waals surface area contributed by atoms with Gasteiger partial charge in [0, 0.05) is 6.92 Å². The van der Waals surface area contributed by atoms with E-state index in [9.17, 15) is 29.2 Å². The van der Waals surface area contributed by atoms with E-state index in [-0.39, 0.29) is 0 Å². The van der Waals surface area contributed by atoms with Crippen LogP contribution < -0.4 is 5.32 Å². The summed E-state index contributed by atoms with van der Waals surface area (Å²) < 4.78 is 26.7. The Morgan fingerprint density at radius 1 is 1.39 bits per heavy atom. The van der Waals surface area contributed by atoms with Crippen LogP contribution >= 0.6 is 7.68 Å². The van der Waals surface area contributed by atoms with Crippen LogP contribution in [0.4, 0.5) is 0 Å². The highest BCUT2D eigenvalue weighted by Gasteiger charge is 2.57. The van der Waals surface area contributed by atoms with Gasteiger partial charge in [-0.05, 0) is 0 Å². The molecule has 1 aliphatic rings. The summed E-state index contributed by atoms with van der Waals surface area (Å²) in [6.07, 6.45) is -4.94. The van der Waals surface area contributed by atoms with Crippen molar-refractivity contribution in [2.75, 3.05) is 6.61 Å². The van der Waals surface area contributed by atoms with Crippen LogP contribution in [-0.2, 0) is 18.7 Å². The second kappa shape index (κ2) is 5.43. The van der Waals surface area contributed by atoms with Gasteiger partial charge in [0.2, 0.25) is 5.91 Å². The third-order valence-corrected chi connectivity index (χ3v) is 3.51. The minimum absolute atomic E-state index is 0.729. The summed E-state index contributed by atoms with van der Waals surface area (Å²) in [4.78, 5) is 10.9. The summed E-state index contributed by atoms with van der Waals surface area (Å²) in [6.45, 7) is 0.228. The Balaban J connectivity index is 3.13. The first-order chi connectivity index (χ1) is 8.24. The van der Waals surface area contributed by atoms with E-state index in [1.807, 2.05) is 5.32 Å². The molecule has 10 heteroatoms. The number of aliphatic hydroxyl groups excluding tert-OH is 3. The largest absolute Gasteiger partial charge is 0.394 e. The van der Waals surface area contributed by atoms with Crippen LogP contribution in [0, 0.1) is 0 Å². The van der Waals surface area contributed by atoms with Gasteiger partial charge in [0.1, 0.15) is 24.4 Å². The number of carbonyl (C=O) groups is 1. The molecule has 1 rings (SSSR count). The Morgan fingerprint density at radius 2 is 1.94 bits per heavy atom. The molecular formula is C8H14NO8P. The molecule has 104 valence electrons. The van der Waals surface area contributed by atoms with Gasteiger partial charge in [0.05, 0.1) is 6.61 Å². The molecule has 1 fully saturated rings. The van der Waals surface area contributed by atoms with Crippen LogP contribution in [0.3, 0.4) is 0 Å². The molecule has 1 heterocycles. The molecule has 1 aliphatic heterocycles. The Labute approximate surface area is 102 Å². The normalized spacial score (nSPS) is 40.3. The van der Waals surface area contributed by atoms with Gasteiger partial charge in [0.25, 0.3) is 0 Å². The van der Waals surface area contributed by atoms with Crippen LogP contribution in [0.1, 0.15) is 6.92 Å². The zero-order valence-electron chi connectivity index (χ0n) is 9.39. The summed E-state index contributed by atoms with van der Waals surface area (Å²) in [6, 6.07) is -1.76. The zero-order chi connectivity index (χ0) is 14.1. The number of carbonyl (C=O) groups excluding carboxylic acids is 1. The van der Waals surface area contributed by atoms with Gasteiger partial charge in [-0.2, -0.15) is 0 Å². The fourth-order valence-corrected chi connectivity index (χ4v) is 2.37. The molecule has 18 heavy (non-hydrogen) atoms. The second-order valence-electron chi connectivity index (χ2n) is 3.91. The van der Waals surface area contributed by atoms with E-state index >= 15 is 0 Å². The number of hydrogen-bond donors (Lipinski definition) is 5. The van der Waals surface area contributed by atoms with Crippen LogP contribution in [-0.4, -0.2) is 62.8 Å². The highest BCUT2D eigenvalue weighted by molar-refractivity contribution is 7.32. The molecule has 0 aromatic rings. The van der Waals surface area contributed by atoms with E-state index in [4.69, 9.17) is 5.11 Å². The minimum atomic E-state index is -3.61. The SMILES string of the molecule is CC(=O)N[C@@H]1[C@@H](O)[C@H](O)[C@@H](CO)OC1(O)P(=O)=O. The average molecular weight is 283 g/mol. The Bertz CT molecular complexity index is 391. The van der Waals surface area contributed by atoms with Gasteiger partial charge in [-0.25, -0.2) is 9.13 Å². The number of nitrogens with one attached hydrogen (secondary N) is 1. The molecule has 9 nitrogen and oxygen atoms in total. The molecule has 0 spiro atoms. The molecule has 0 aromatic heterocycles. The van der Waals surface area contributed by atoms with Crippen molar-refractivity contribution in [1.82, 2.24) is 5.32 Å². The van der Waals surface area contributed by atoms with Crippen LogP contribution in [0.5, 0.6) is 0 Å². The fourth-order valence-electron chi connectivity index (χ4n) is 1.71. The smallest absolute Gasteiger partial charge is 0.379 e. The number of rotatable bonds is 3. The van der Waals surface area contributed by atoms with Gasteiger partial charge < -0.3 is 30.5 Å². The average Bonchev–Trinajstić information content (AvgIpc) is 2.29. The van der Waals surface area contributed by atoms with Crippen LogP contribution in [0.15, 0.2) is 0 Å². The number of aliphatic hydroxyl groups is 4. The van der Waals surface area contributed by atoms with Crippen molar-refractivity contribution in [3.8, 4) is 0 Å². The maximum absolute atomic E-state index is 11.0. The summed E-state index contributed by atoms with van der Waals surface area (Å²) in [7, 11) is -3.61. The Kier molecular flexibility index (Phi) is 4.60. The van der Waals surface area contributed by atoms with E-state index in [0.29, 0.717) is 0 Å². The standard InChI is InChI=1S/C8H14NO8P/c1-3(11)9-7-6(13)5(12)4(2-10)17-8(7,14)18(15)16/h4-7,10,12-14H,2H2,1H3,(H,9,11)/t4-,5-,6+,7-,8?/m1/s1. The zero-order valence-corrected chi connectivity index (χ0v) is 10.3. The van der Waals surface area contributed by atoms with E-state index in [1.54, 1.807) is 0 Å². The summed E-state index contributed by atoms with van der Waals surface area (Å²) >= 11 is 0. The first-order valence-electron chi connectivity index (χ1n) is 5.02. The lowest BCUT2D eigenvalue weighted by Gasteiger charge is -2.43. The van der Waals surface area contributed by atoms with Gasteiger partial charge in [-0.15, -0.1) is 0 Å². The summed E-state index contributed by atoms with van der Waals surface area (Å²) in [5.41, 5.74) is -2.90. The quantitative estimate of drug-likeness (QED) is 0.354. The molecule has 0 aliphatic carbocycles. The highest BCUT2D eigenvalue weighted by atomic mass is 31.1. The monoisotopic (exact) mass is 283 g/mol. The molecule has 0 radical (unpaired) electrons.